The van der Waals surface area contributed by atoms with Gasteiger partial charge in [-0.25, -0.2) is 4.98 Å². The minimum Gasteiger partial charge on any atom is -0.359 e. The Kier molecular flexibility index (Phi) is 7.41. The van der Waals surface area contributed by atoms with Crippen LogP contribution in [0.5, 0.6) is 0 Å². The molecule has 0 bridgehead atoms. The fourth-order valence-electron chi connectivity index (χ4n) is 3.85. The highest BCUT2D eigenvalue weighted by Gasteiger charge is 2.27. The summed E-state index contributed by atoms with van der Waals surface area (Å²) in [6, 6.07) is 2.32. The van der Waals surface area contributed by atoms with Gasteiger partial charge in [0, 0.05) is 56.8 Å². The molecule has 0 unspecified atom stereocenters. The molecule has 31 heavy (non-hydrogen) atoms. The minimum atomic E-state index is 0.0426. The summed E-state index contributed by atoms with van der Waals surface area (Å²) < 4.78 is 2.24. The van der Waals surface area contributed by atoms with Crippen LogP contribution in [-0.2, 0) is 11.3 Å². The van der Waals surface area contributed by atoms with Crippen LogP contribution in [0.3, 0.4) is 0 Å². The van der Waals surface area contributed by atoms with Gasteiger partial charge in [-0.15, -0.1) is 11.3 Å². The standard InChI is InChI=1S/C23H35N5O2S/c1-15(2)7-8-28-17(5)19(22(30)27-11-9-26(10-12-27)18(6)29)13-21(28)20-14-31-23(25-20)24-16(3)4/h13-16H,7-12H2,1-6H3,(H,24,25). The molecule has 0 radical (unpaired) electrons. The number of hydrogen-bond acceptors (Lipinski definition) is 5. The van der Waals surface area contributed by atoms with Crippen molar-refractivity contribution in [1.29, 1.82) is 0 Å². The molecule has 0 aromatic carbocycles. The van der Waals surface area contributed by atoms with Crippen LogP contribution in [0, 0.1) is 12.8 Å². The Morgan fingerprint density at radius 3 is 2.35 bits per heavy atom. The molecule has 1 saturated heterocycles. The molecule has 1 aliphatic heterocycles. The summed E-state index contributed by atoms with van der Waals surface area (Å²) in [7, 11) is 0. The van der Waals surface area contributed by atoms with Crippen LogP contribution in [0.15, 0.2) is 11.4 Å². The molecule has 8 heteroatoms. The molecule has 1 N–H and O–H groups in total. The van der Waals surface area contributed by atoms with Gasteiger partial charge >= 0.3 is 0 Å². The number of hydrogen-bond donors (Lipinski definition) is 1. The van der Waals surface area contributed by atoms with Crippen LogP contribution >= 0.6 is 11.3 Å². The van der Waals surface area contributed by atoms with E-state index in [0.717, 1.165) is 40.7 Å². The molecule has 1 fully saturated rings. The van der Waals surface area contributed by atoms with Gasteiger partial charge in [0.2, 0.25) is 5.91 Å². The van der Waals surface area contributed by atoms with E-state index < -0.39 is 0 Å². The predicted octanol–water partition coefficient (Wildman–Crippen LogP) is 4.09. The molecule has 0 saturated carbocycles. The lowest BCUT2D eigenvalue weighted by Crippen LogP contribution is -2.50. The second kappa shape index (κ2) is 9.85. The summed E-state index contributed by atoms with van der Waals surface area (Å²) in [6.07, 6.45) is 1.04. The number of aromatic nitrogens is 2. The van der Waals surface area contributed by atoms with Gasteiger partial charge in [-0.1, -0.05) is 13.8 Å². The van der Waals surface area contributed by atoms with Crippen LogP contribution in [0.2, 0.25) is 0 Å². The number of carbonyl (C=O) groups is 2. The molecule has 170 valence electrons. The lowest BCUT2D eigenvalue weighted by Gasteiger charge is -2.34. The average Bonchev–Trinajstić information content (AvgIpc) is 3.29. The molecule has 3 rings (SSSR count). The summed E-state index contributed by atoms with van der Waals surface area (Å²) in [5, 5.41) is 6.32. The Hall–Kier alpha value is -2.35. The van der Waals surface area contributed by atoms with E-state index in [1.165, 1.54) is 0 Å². The van der Waals surface area contributed by atoms with Gasteiger partial charge in [-0.2, -0.15) is 0 Å². The third-order valence-corrected chi connectivity index (χ3v) is 6.49. The van der Waals surface area contributed by atoms with Crippen molar-refractivity contribution in [3.05, 3.63) is 22.7 Å². The number of carbonyl (C=O) groups excluding carboxylic acids is 2. The molecule has 2 amide bonds. The quantitative estimate of drug-likeness (QED) is 0.697. The van der Waals surface area contributed by atoms with Crippen molar-refractivity contribution < 1.29 is 9.59 Å². The molecule has 1 aliphatic rings. The smallest absolute Gasteiger partial charge is 0.255 e. The van der Waals surface area contributed by atoms with Gasteiger partial charge in [-0.3, -0.25) is 9.59 Å². The van der Waals surface area contributed by atoms with Crippen LogP contribution in [0.4, 0.5) is 5.13 Å². The number of nitrogens with one attached hydrogen (secondary N) is 1. The van der Waals surface area contributed by atoms with E-state index in [1.54, 1.807) is 23.2 Å². The van der Waals surface area contributed by atoms with Crippen molar-refractivity contribution in [1.82, 2.24) is 19.4 Å². The Labute approximate surface area is 189 Å². The first-order valence-corrected chi connectivity index (χ1v) is 12.0. The number of amides is 2. The maximum atomic E-state index is 13.4. The first-order chi connectivity index (χ1) is 14.7. The Morgan fingerprint density at radius 1 is 1.13 bits per heavy atom. The zero-order valence-electron chi connectivity index (χ0n) is 19.6. The topological polar surface area (TPSA) is 70.5 Å². The van der Waals surface area contributed by atoms with E-state index >= 15 is 0 Å². The van der Waals surface area contributed by atoms with Crippen LogP contribution in [-0.4, -0.2) is 63.4 Å². The maximum absolute atomic E-state index is 13.4. The highest BCUT2D eigenvalue weighted by Crippen LogP contribution is 2.30. The second-order valence-corrected chi connectivity index (χ2v) is 9.86. The van der Waals surface area contributed by atoms with Gasteiger partial charge in [0.05, 0.1) is 17.0 Å². The molecule has 7 nitrogen and oxygen atoms in total. The summed E-state index contributed by atoms with van der Waals surface area (Å²) in [5.74, 6) is 0.683. The summed E-state index contributed by atoms with van der Waals surface area (Å²) in [6.45, 7) is 15.4. The zero-order valence-corrected chi connectivity index (χ0v) is 20.4. The van der Waals surface area contributed by atoms with Gasteiger partial charge < -0.3 is 19.7 Å². The third kappa shape index (κ3) is 5.47. The number of piperazine rings is 1. The van der Waals surface area contributed by atoms with Crippen molar-refractivity contribution in [2.24, 2.45) is 5.92 Å². The first-order valence-electron chi connectivity index (χ1n) is 11.1. The van der Waals surface area contributed by atoms with E-state index in [2.05, 4.69) is 43.0 Å². The molecular formula is C23H35N5O2S. The predicted molar refractivity (Wildman–Crippen MR) is 127 cm³/mol. The first kappa shape index (κ1) is 23.3. The summed E-state index contributed by atoms with van der Waals surface area (Å²) in [4.78, 5) is 33.4. The molecule has 0 atom stereocenters. The monoisotopic (exact) mass is 445 g/mol. The van der Waals surface area contributed by atoms with Crippen molar-refractivity contribution >= 4 is 28.3 Å². The molecule has 0 aliphatic carbocycles. The van der Waals surface area contributed by atoms with E-state index in [4.69, 9.17) is 4.98 Å². The summed E-state index contributed by atoms with van der Waals surface area (Å²) in [5.41, 5.74) is 3.62. The number of anilines is 1. The van der Waals surface area contributed by atoms with Gasteiger partial charge in [-0.05, 0) is 39.2 Å². The van der Waals surface area contributed by atoms with Crippen molar-refractivity contribution in [3.8, 4) is 11.4 Å². The van der Waals surface area contributed by atoms with E-state index in [1.807, 2.05) is 17.9 Å². The Morgan fingerprint density at radius 2 is 1.77 bits per heavy atom. The van der Waals surface area contributed by atoms with Gasteiger partial charge in [0.15, 0.2) is 5.13 Å². The van der Waals surface area contributed by atoms with Crippen molar-refractivity contribution in [3.63, 3.8) is 0 Å². The molecular weight excluding hydrogens is 410 g/mol. The van der Waals surface area contributed by atoms with Gasteiger partial charge in [0.25, 0.3) is 5.91 Å². The maximum Gasteiger partial charge on any atom is 0.255 e. The van der Waals surface area contributed by atoms with Gasteiger partial charge in [0.1, 0.15) is 0 Å². The normalized spacial score (nSPS) is 14.6. The Balaban J connectivity index is 1.89. The average molecular weight is 446 g/mol. The third-order valence-electron chi connectivity index (χ3n) is 5.72. The largest absolute Gasteiger partial charge is 0.359 e. The molecule has 0 spiro atoms. The van der Waals surface area contributed by atoms with Crippen LogP contribution in [0.25, 0.3) is 11.4 Å². The number of thiazole rings is 1. The van der Waals surface area contributed by atoms with E-state index in [9.17, 15) is 9.59 Å². The second-order valence-electron chi connectivity index (χ2n) is 9.00. The Bertz CT molecular complexity index is 923. The van der Waals surface area contributed by atoms with Crippen molar-refractivity contribution in [2.75, 3.05) is 31.5 Å². The number of nitrogens with zero attached hydrogens (tertiary/aromatic N) is 4. The van der Waals surface area contributed by atoms with Crippen LogP contribution in [0.1, 0.15) is 57.1 Å². The van der Waals surface area contributed by atoms with E-state index in [0.29, 0.717) is 38.1 Å². The lowest BCUT2D eigenvalue weighted by atomic mass is 10.1. The molecule has 2 aromatic heterocycles. The minimum absolute atomic E-state index is 0.0426. The SMILES string of the molecule is CC(=O)N1CCN(C(=O)c2cc(-c3csc(NC(C)C)n3)n(CCC(C)C)c2C)CC1. The van der Waals surface area contributed by atoms with Crippen LogP contribution < -0.4 is 5.32 Å². The number of rotatable bonds is 7. The molecule has 2 aromatic rings. The van der Waals surface area contributed by atoms with Crippen molar-refractivity contribution in [2.45, 2.75) is 60.5 Å². The highest BCUT2D eigenvalue weighted by atomic mass is 32.1. The fourth-order valence-corrected chi connectivity index (χ4v) is 4.70. The lowest BCUT2D eigenvalue weighted by molar-refractivity contribution is -0.130. The summed E-state index contributed by atoms with van der Waals surface area (Å²) >= 11 is 1.59. The highest BCUT2D eigenvalue weighted by molar-refractivity contribution is 7.14. The molecule has 3 heterocycles. The zero-order chi connectivity index (χ0) is 22.7. The van der Waals surface area contributed by atoms with E-state index in [-0.39, 0.29) is 11.8 Å². The fraction of sp³-hybridized carbons (Fsp3) is 0.609.